The molecule has 0 aromatic rings. The van der Waals surface area contributed by atoms with Crippen LogP contribution in [0.2, 0.25) is 0 Å². The first-order chi connectivity index (χ1) is 8.00. The van der Waals surface area contributed by atoms with Crippen molar-refractivity contribution in [2.24, 2.45) is 0 Å². The third kappa shape index (κ3) is 2.95. The predicted molar refractivity (Wildman–Crippen MR) is 72.4 cm³/mol. The molecule has 0 spiro atoms. The van der Waals surface area contributed by atoms with Crippen molar-refractivity contribution in [3.05, 3.63) is 0 Å². The van der Waals surface area contributed by atoms with E-state index in [1.807, 2.05) is 16.7 Å². The van der Waals surface area contributed by atoms with Crippen molar-refractivity contribution in [2.45, 2.75) is 25.4 Å². The number of amides is 1. The summed E-state index contributed by atoms with van der Waals surface area (Å²) in [5.41, 5.74) is 0.0930. The quantitative estimate of drug-likeness (QED) is 0.730. The van der Waals surface area contributed by atoms with Crippen molar-refractivity contribution in [1.29, 1.82) is 0 Å². The monoisotopic (exact) mass is 257 g/mol. The van der Waals surface area contributed by atoms with Gasteiger partial charge in [0.05, 0.1) is 6.04 Å². The average Bonchev–Trinajstić information content (AvgIpc) is 2.33. The van der Waals surface area contributed by atoms with Gasteiger partial charge in [-0.3, -0.25) is 9.69 Å². The molecule has 1 unspecified atom stereocenters. The van der Waals surface area contributed by atoms with Crippen LogP contribution in [0.3, 0.4) is 0 Å². The summed E-state index contributed by atoms with van der Waals surface area (Å²) in [5, 5.41) is 3.33. The highest BCUT2D eigenvalue weighted by molar-refractivity contribution is 7.99. The van der Waals surface area contributed by atoms with Gasteiger partial charge in [-0.2, -0.15) is 11.8 Å². The van der Waals surface area contributed by atoms with E-state index in [0.717, 1.165) is 37.7 Å². The van der Waals surface area contributed by atoms with E-state index in [-0.39, 0.29) is 11.6 Å². The minimum Gasteiger partial charge on any atom is -0.338 e. The lowest BCUT2D eigenvalue weighted by atomic mass is 9.99. The van der Waals surface area contributed by atoms with Crippen LogP contribution < -0.4 is 5.32 Å². The molecule has 2 aliphatic rings. The average molecular weight is 257 g/mol. The Morgan fingerprint density at radius 1 is 1.41 bits per heavy atom. The van der Waals surface area contributed by atoms with Crippen molar-refractivity contribution in [1.82, 2.24) is 15.1 Å². The van der Waals surface area contributed by atoms with Crippen LogP contribution in [0.25, 0.3) is 0 Å². The number of carbonyl (C=O) groups is 1. The number of rotatable bonds is 1. The first-order valence-corrected chi connectivity index (χ1v) is 7.47. The molecule has 2 aliphatic heterocycles. The zero-order valence-electron chi connectivity index (χ0n) is 11.0. The van der Waals surface area contributed by atoms with E-state index in [0.29, 0.717) is 5.91 Å². The molecule has 0 saturated carbocycles. The number of hydrogen-bond acceptors (Lipinski definition) is 4. The molecule has 4 nitrogen and oxygen atoms in total. The Morgan fingerprint density at radius 2 is 2.18 bits per heavy atom. The maximum atomic E-state index is 12.4. The SMILES string of the molecule is CN1CCN(C(=O)C2CSCCN2)CC1(C)C. The van der Waals surface area contributed by atoms with Crippen molar-refractivity contribution < 1.29 is 4.79 Å². The highest BCUT2D eigenvalue weighted by Crippen LogP contribution is 2.20. The van der Waals surface area contributed by atoms with Crippen LogP contribution in [0.4, 0.5) is 0 Å². The Kier molecular flexibility index (Phi) is 4.00. The first-order valence-electron chi connectivity index (χ1n) is 6.32. The van der Waals surface area contributed by atoms with Crippen LogP contribution in [0.5, 0.6) is 0 Å². The zero-order chi connectivity index (χ0) is 12.5. The van der Waals surface area contributed by atoms with Gasteiger partial charge in [-0.15, -0.1) is 0 Å². The molecule has 5 heteroatoms. The fraction of sp³-hybridized carbons (Fsp3) is 0.917. The number of nitrogens with zero attached hydrogens (tertiary/aromatic N) is 2. The van der Waals surface area contributed by atoms with Crippen LogP contribution in [-0.4, -0.2) is 72.0 Å². The van der Waals surface area contributed by atoms with Gasteiger partial charge in [0.2, 0.25) is 5.91 Å². The topological polar surface area (TPSA) is 35.6 Å². The number of piperazine rings is 1. The first kappa shape index (κ1) is 13.2. The number of nitrogens with one attached hydrogen (secondary N) is 1. The zero-order valence-corrected chi connectivity index (χ0v) is 11.8. The van der Waals surface area contributed by atoms with Gasteiger partial charge >= 0.3 is 0 Å². The lowest BCUT2D eigenvalue weighted by molar-refractivity contribution is -0.137. The molecule has 1 amide bonds. The Hall–Kier alpha value is -0.260. The maximum absolute atomic E-state index is 12.4. The molecule has 2 saturated heterocycles. The molecule has 0 aliphatic carbocycles. The Labute approximate surface area is 108 Å². The molecule has 0 bridgehead atoms. The van der Waals surface area contributed by atoms with Crippen LogP contribution in [0.1, 0.15) is 13.8 Å². The highest BCUT2D eigenvalue weighted by atomic mass is 32.2. The maximum Gasteiger partial charge on any atom is 0.240 e. The summed E-state index contributed by atoms with van der Waals surface area (Å²) in [6.07, 6.45) is 0. The third-order valence-electron chi connectivity index (χ3n) is 3.85. The minimum absolute atomic E-state index is 0.0351. The number of likely N-dealkylation sites (N-methyl/N-ethyl adjacent to an activating group) is 1. The number of thioether (sulfide) groups is 1. The summed E-state index contributed by atoms with van der Waals surface area (Å²) >= 11 is 1.88. The normalized spacial score (nSPS) is 30.3. The molecule has 1 atom stereocenters. The smallest absolute Gasteiger partial charge is 0.240 e. The van der Waals surface area contributed by atoms with Crippen LogP contribution >= 0.6 is 11.8 Å². The Morgan fingerprint density at radius 3 is 2.76 bits per heavy atom. The lowest BCUT2D eigenvalue weighted by Crippen LogP contribution is -2.62. The summed E-state index contributed by atoms with van der Waals surface area (Å²) in [6, 6.07) is 0.0351. The Balaban J connectivity index is 1.95. The van der Waals surface area contributed by atoms with Crippen molar-refractivity contribution in [3.8, 4) is 0 Å². The van der Waals surface area contributed by atoms with Gasteiger partial charge in [0.25, 0.3) is 0 Å². The van der Waals surface area contributed by atoms with Crippen LogP contribution in [-0.2, 0) is 4.79 Å². The largest absolute Gasteiger partial charge is 0.338 e. The second-order valence-electron chi connectivity index (χ2n) is 5.58. The molecular weight excluding hydrogens is 234 g/mol. The van der Waals surface area contributed by atoms with E-state index in [1.54, 1.807) is 0 Å². The molecule has 1 N–H and O–H groups in total. The highest BCUT2D eigenvalue weighted by Gasteiger charge is 2.35. The summed E-state index contributed by atoms with van der Waals surface area (Å²) in [5.74, 6) is 2.34. The van der Waals surface area contributed by atoms with E-state index in [4.69, 9.17) is 0 Å². The van der Waals surface area contributed by atoms with Crippen LogP contribution in [0.15, 0.2) is 0 Å². The molecule has 2 fully saturated rings. The molecule has 0 radical (unpaired) electrons. The fourth-order valence-corrected chi connectivity index (χ4v) is 3.30. The second-order valence-corrected chi connectivity index (χ2v) is 6.73. The molecule has 0 aromatic heterocycles. The van der Waals surface area contributed by atoms with Gasteiger partial charge < -0.3 is 10.2 Å². The number of hydrogen-bond donors (Lipinski definition) is 1. The standard InChI is InChI=1S/C12H23N3OS/c1-12(2)9-15(6-5-14(12)3)11(16)10-8-17-7-4-13-10/h10,13H,4-9H2,1-3H3. The molecule has 98 valence electrons. The second kappa shape index (κ2) is 5.16. The van der Waals surface area contributed by atoms with E-state index in [9.17, 15) is 4.79 Å². The van der Waals surface area contributed by atoms with Gasteiger partial charge in [-0.1, -0.05) is 0 Å². The summed E-state index contributed by atoms with van der Waals surface area (Å²) < 4.78 is 0. The molecule has 2 heterocycles. The van der Waals surface area contributed by atoms with E-state index in [2.05, 4.69) is 31.1 Å². The van der Waals surface area contributed by atoms with Gasteiger partial charge in [0, 0.05) is 43.2 Å². The lowest BCUT2D eigenvalue weighted by Gasteiger charge is -2.46. The van der Waals surface area contributed by atoms with E-state index in [1.165, 1.54) is 0 Å². The van der Waals surface area contributed by atoms with Crippen molar-refractivity contribution in [2.75, 3.05) is 44.7 Å². The van der Waals surface area contributed by atoms with Gasteiger partial charge in [0.15, 0.2) is 0 Å². The summed E-state index contributed by atoms with van der Waals surface area (Å²) in [6.45, 7) is 8.04. The third-order valence-corrected chi connectivity index (χ3v) is 4.91. The van der Waals surface area contributed by atoms with Gasteiger partial charge in [0.1, 0.15) is 0 Å². The van der Waals surface area contributed by atoms with Crippen LogP contribution in [0, 0.1) is 0 Å². The van der Waals surface area contributed by atoms with Crippen molar-refractivity contribution >= 4 is 17.7 Å². The molecule has 0 aromatic carbocycles. The molecule has 2 rings (SSSR count). The number of carbonyl (C=O) groups excluding carboxylic acids is 1. The van der Waals surface area contributed by atoms with Gasteiger partial charge in [-0.05, 0) is 20.9 Å². The van der Waals surface area contributed by atoms with E-state index >= 15 is 0 Å². The van der Waals surface area contributed by atoms with Gasteiger partial charge in [-0.25, -0.2) is 0 Å². The van der Waals surface area contributed by atoms with Crippen molar-refractivity contribution in [3.63, 3.8) is 0 Å². The summed E-state index contributed by atoms with van der Waals surface area (Å²) in [4.78, 5) is 16.7. The molecule has 17 heavy (non-hydrogen) atoms. The van der Waals surface area contributed by atoms with E-state index < -0.39 is 0 Å². The minimum atomic E-state index is 0.0351. The summed E-state index contributed by atoms with van der Waals surface area (Å²) in [7, 11) is 2.14. The molecular formula is C12H23N3OS. The predicted octanol–water partition coefficient (Wildman–Crippen LogP) is 0.244. The fourth-order valence-electron chi connectivity index (χ4n) is 2.37. The Bertz CT molecular complexity index is 289.